The van der Waals surface area contributed by atoms with Crippen molar-refractivity contribution in [1.29, 1.82) is 0 Å². The van der Waals surface area contributed by atoms with Crippen LogP contribution in [-0.4, -0.2) is 44.6 Å². The largest absolute Gasteiger partial charge is 0.373 e. The fourth-order valence-corrected chi connectivity index (χ4v) is 1.28. The molecule has 2 radical (unpaired) electrons. The molecule has 0 saturated heterocycles. The fourth-order valence-electron chi connectivity index (χ4n) is 1.28. The van der Waals surface area contributed by atoms with Crippen LogP contribution in [0.5, 0.6) is 0 Å². The highest BCUT2D eigenvalue weighted by Crippen LogP contribution is 2.06. The van der Waals surface area contributed by atoms with Gasteiger partial charge in [0.1, 0.15) is 0 Å². The zero-order valence-electron chi connectivity index (χ0n) is 9.24. The number of hydrogen-bond acceptors (Lipinski definition) is 3. The SMILES string of the molecule is [B]CC(=C)N(CCN)CC(C)N=CC. The van der Waals surface area contributed by atoms with Gasteiger partial charge >= 0.3 is 0 Å². The number of rotatable bonds is 7. The second-order valence-electron chi connectivity index (χ2n) is 3.26. The second kappa shape index (κ2) is 7.62. The molecule has 2 N–H and O–H groups in total. The van der Waals surface area contributed by atoms with Crippen LogP contribution in [0.3, 0.4) is 0 Å². The van der Waals surface area contributed by atoms with Gasteiger partial charge in [0.25, 0.3) is 0 Å². The highest BCUT2D eigenvalue weighted by atomic mass is 15.2. The standard InChI is InChI=1S/C10H20BN3/c1-4-13-9(2)8-14(6-5-12)10(3)7-11/h4,9H,3,5-8,12H2,1-2H3. The lowest BCUT2D eigenvalue weighted by molar-refractivity contribution is 0.337. The summed E-state index contributed by atoms with van der Waals surface area (Å²) in [5.74, 6) is 0. The number of nitrogens with two attached hydrogens (primary N) is 1. The van der Waals surface area contributed by atoms with E-state index in [1.165, 1.54) is 0 Å². The summed E-state index contributed by atoms with van der Waals surface area (Å²) in [6.45, 7) is 10.1. The Morgan fingerprint density at radius 1 is 1.71 bits per heavy atom. The Morgan fingerprint density at radius 3 is 2.79 bits per heavy atom. The van der Waals surface area contributed by atoms with Gasteiger partial charge in [-0.2, -0.15) is 0 Å². The van der Waals surface area contributed by atoms with Gasteiger partial charge in [-0.25, -0.2) is 0 Å². The van der Waals surface area contributed by atoms with E-state index in [4.69, 9.17) is 13.6 Å². The van der Waals surface area contributed by atoms with Gasteiger partial charge in [-0.15, -0.1) is 0 Å². The summed E-state index contributed by atoms with van der Waals surface area (Å²) < 4.78 is 0. The predicted octanol–water partition coefficient (Wildman–Crippen LogP) is 0.827. The molecule has 0 amide bonds. The van der Waals surface area contributed by atoms with Crippen molar-refractivity contribution < 1.29 is 0 Å². The average Bonchev–Trinajstić information content (AvgIpc) is 2.16. The topological polar surface area (TPSA) is 41.6 Å². The molecule has 4 heteroatoms. The van der Waals surface area contributed by atoms with Gasteiger partial charge < -0.3 is 10.6 Å². The fraction of sp³-hybridized carbons (Fsp3) is 0.700. The summed E-state index contributed by atoms with van der Waals surface area (Å²) in [6.07, 6.45) is 2.29. The summed E-state index contributed by atoms with van der Waals surface area (Å²) in [4.78, 5) is 6.37. The van der Waals surface area contributed by atoms with Gasteiger partial charge in [-0.05, 0) is 25.8 Å². The molecule has 1 unspecified atom stereocenters. The van der Waals surface area contributed by atoms with Crippen LogP contribution in [0.1, 0.15) is 13.8 Å². The van der Waals surface area contributed by atoms with Crippen molar-refractivity contribution in [3.05, 3.63) is 12.3 Å². The predicted molar refractivity (Wildman–Crippen MR) is 64.0 cm³/mol. The van der Waals surface area contributed by atoms with Crippen molar-refractivity contribution in [2.75, 3.05) is 19.6 Å². The molecule has 0 aliphatic rings. The molecule has 78 valence electrons. The van der Waals surface area contributed by atoms with Crippen LogP contribution < -0.4 is 5.73 Å². The summed E-state index contributed by atoms with van der Waals surface area (Å²) in [6, 6.07) is 0.259. The minimum Gasteiger partial charge on any atom is -0.373 e. The zero-order valence-corrected chi connectivity index (χ0v) is 9.24. The molecule has 0 heterocycles. The Bertz CT molecular complexity index is 192. The molecule has 0 aliphatic carbocycles. The Morgan fingerprint density at radius 2 is 2.36 bits per heavy atom. The van der Waals surface area contributed by atoms with Crippen LogP contribution in [-0.2, 0) is 0 Å². The average molecular weight is 193 g/mol. The Kier molecular flexibility index (Phi) is 7.20. The number of hydrogen-bond donors (Lipinski definition) is 1. The molecule has 0 aromatic carbocycles. The molecule has 3 nitrogen and oxygen atoms in total. The van der Waals surface area contributed by atoms with E-state index in [1.807, 2.05) is 13.1 Å². The number of allylic oxidation sites excluding steroid dienone is 1. The lowest BCUT2D eigenvalue weighted by Gasteiger charge is -2.27. The van der Waals surface area contributed by atoms with E-state index in [2.05, 4.69) is 23.4 Å². The lowest BCUT2D eigenvalue weighted by atomic mass is 10.0. The van der Waals surface area contributed by atoms with Crippen LogP contribution in [0.25, 0.3) is 0 Å². The van der Waals surface area contributed by atoms with E-state index in [-0.39, 0.29) is 6.04 Å². The van der Waals surface area contributed by atoms with Crippen molar-refractivity contribution in [3.8, 4) is 0 Å². The maximum atomic E-state index is 5.53. The van der Waals surface area contributed by atoms with Crippen molar-refractivity contribution in [1.82, 2.24) is 4.90 Å². The molecule has 1 atom stereocenters. The molecule has 0 aromatic rings. The Balaban J connectivity index is 4.14. The van der Waals surface area contributed by atoms with Crippen LogP contribution in [0.15, 0.2) is 17.3 Å². The maximum Gasteiger partial charge on any atom is 0.0736 e. The maximum absolute atomic E-state index is 5.53. The quantitative estimate of drug-likeness (QED) is 0.480. The Hall–Kier alpha value is -0.765. The first kappa shape index (κ1) is 13.2. The van der Waals surface area contributed by atoms with Crippen molar-refractivity contribution in [2.24, 2.45) is 10.7 Å². The van der Waals surface area contributed by atoms with Crippen molar-refractivity contribution in [3.63, 3.8) is 0 Å². The van der Waals surface area contributed by atoms with E-state index < -0.39 is 0 Å². The molecule has 0 bridgehead atoms. The van der Waals surface area contributed by atoms with E-state index in [1.54, 1.807) is 0 Å². The van der Waals surface area contributed by atoms with E-state index >= 15 is 0 Å². The normalized spacial score (nSPS) is 13.1. The third-order valence-electron chi connectivity index (χ3n) is 1.97. The molecule has 0 rings (SSSR count). The molecule has 0 aromatic heterocycles. The van der Waals surface area contributed by atoms with Gasteiger partial charge in [0.15, 0.2) is 0 Å². The first-order valence-electron chi connectivity index (χ1n) is 4.96. The summed E-state index contributed by atoms with van der Waals surface area (Å²) in [7, 11) is 5.53. The van der Waals surface area contributed by atoms with Crippen LogP contribution in [0, 0.1) is 0 Å². The molecule has 0 spiro atoms. The number of nitrogens with zero attached hydrogens (tertiary/aromatic N) is 2. The van der Waals surface area contributed by atoms with Gasteiger partial charge in [-0.1, -0.05) is 12.9 Å². The molecule has 14 heavy (non-hydrogen) atoms. The molecule has 0 fully saturated rings. The highest BCUT2D eigenvalue weighted by Gasteiger charge is 2.08. The summed E-state index contributed by atoms with van der Waals surface area (Å²) in [5.41, 5.74) is 6.43. The molecular formula is C10H20BN3. The Labute approximate surface area is 88.5 Å². The van der Waals surface area contributed by atoms with Gasteiger partial charge in [0, 0.05) is 19.6 Å². The minimum atomic E-state index is 0.259. The van der Waals surface area contributed by atoms with Crippen LogP contribution >= 0.6 is 0 Å². The first-order chi connectivity index (χ1) is 6.65. The molecule has 0 saturated carbocycles. The summed E-state index contributed by atoms with van der Waals surface area (Å²) >= 11 is 0. The van der Waals surface area contributed by atoms with Crippen LogP contribution in [0.2, 0.25) is 6.32 Å². The van der Waals surface area contributed by atoms with Crippen molar-refractivity contribution >= 4 is 14.1 Å². The van der Waals surface area contributed by atoms with Crippen LogP contribution in [0.4, 0.5) is 0 Å². The monoisotopic (exact) mass is 193 g/mol. The molecular weight excluding hydrogens is 173 g/mol. The van der Waals surface area contributed by atoms with Gasteiger partial charge in [-0.3, -0.25) is 4.99 Å². The number of aliphatic imine (C=N–C) groups is 1. The van der Waals surface area contributed by atoms with E-state index in [0.717, 1.165) is 18.8 Å². The van der Waals surface area contributed by atoms with E-state index in [9.17, 15) is 0 Å². The van der Waals surface area contributed by atoms with Gasteiger partial charge in [0.05, 0.1) is 13.9 Å². The van der Waals surface area contributed by atoms with Crippen molar-refractivity contribution in [2.45, 2.75) is 26.2 Å². The lowest BCUT2D eigenvalue weighted by Crippen LogP contribution is -2.33. The third-order valence-corrected chi connectivity index (χ3v) is 1.97. The second-order valence-corrected chi connectivity index (χ2v) is 3.26. The van der Waals surface area contributed by atoms with E-state index in [0.29, 0.717) is 12.9 Å². The summed E-state index contributed by atoms with van der Waals surface area (Å²) in [5, 5.41) is 0. The highest BCUT2D eigenvalue weighted by molar-refractivity contribution is 6.10. The smallest absolute Gasteiger partial charge is 0.0736 e. The van der Waals surface area contributed by atoms with Gasteiger partial charge in [0.2, 0.25) is 0 Å². The third kappa shape index (κ3) is 5.07. The first-order valence-corrected chi connectivity index (χ1v) is 4.96. The zero-order chi connectivity index (χ0) is 11.0. The molecule has 0 aliphatic heterocycles. The minimum absolute atomic E-state index is 0.259.